The third-order valence-electron chi connectivity index (χ3n) is 4.35. The molecule has 7 nitrogen and oxygen atoms in total. The smallest absolute Gasteiger partial charge is 0.339 e. The lowest BCUT2D eigenvalue weighted by Crippen LogP contribution is -2.24. The lowest BCUT2D eigenvalue weighted by atomic mass is 10.2. The van der Waals surface area contributed by atoms with E-state index in [0.29, 0.717) is 5.17 Å². The molecule has 1 amide bonds. The Kier molecular flexibility index (Phi) is 7.28. The number of unbranched alkanes of at least 4 members (excludes halogenated alkanes) is 1. The van der Waals surface area contributed by atoms with Crippen LogP contribution in [0.15, 0.2) is 63.6 Å². The Balaban J connectivity index is 1.59. The van der Waals surface area contributed by atoms with Crippen molar-refractivity contribution >= 4 is 39.2 Å². The minimum atomic E-state index is -3.89. The first-order valence-corrected chi connectivity index (χ1v) is 11.9. The Morgan fingerprint density at radius 3 is 2.50 bits per heavy atom. The fraction of sp³-hybridized carbons (Fsp3) is 0.286. The molecule has 30 heavy (non-hydrogen) atoms. The van der Waals surface area contributed by atoms with Gasteiger partial charge >= 0.3 is 10.1 Å². The third-order valence-corrected chi connectivity index (χ3v) is 6.75. The SMILES string of the molecule is CCCCC1S/C(=N\N=C\c2ccc(OS(=O)(=O)c3ccc(C)cc3)cc2)NC1=O. The van der Waals surface area contributed by atoms with E-state index in [4.69, 9.17) is 4.18 Å². The molecular weight excluding hydrogens is 422 g/mol. The van der Waals surface area contributed by atoms with Crippen LogP contribution in [-0.4, -0.2) is 31.0 Å². The van der Waals surface area contributed by atoms with Gasteiger partial charge in [-0.3, -0.25) is 4.79 Å². The highest BCUT2D eigenvalue weighted by molar-refractivity contribution is 8.15. The number of nitrogens with zero attached hydrogens (tertiary/aromatic N) is 2. The molecule has 1 saturated heterocycles. The first-order valence-electron chi connectivity index (χ1n) is 9.57. The lowest BCUT2D eigenvalue weighted by molar-refractivity contribution is -0.118. The van der Waals surface area contributed by atoms with Gasteiger partial charge in [-0.25, -0.2) is 0 Å². The van der Waals surface area contributed by atoms with Gasteiger partial charge in [0.15, 0.2) is 5.17 Å². The number of carbonyl (C=O) groups excluding carboxylic acids is 1. The fourth-order valence-electron chi connectivity index (χ4n) is 2.67. The van der Waals surface area contributed by atoms with Crippen LogP contribution in [0.1, 0.15) is 37.3 Å². The number of carbonyl (C=O) groups is 1. The van der Waals surface area contributed by atoms with Crippen LogP contribution in [0.5, 0.6) is 5.75 Å². The predicted molar refractivity (Wildman–Crippen MR) is 120 cm³/mol. The van der Waals surface area contributed by atoms with Gasteiger partial charge in [-0.05, 0) is 55.3 Å². The van der Waals surface area contributed by atoms with E-state index < -0.39 is 10.1 Å². The maximum absolute atomic E-state index is 12.3. The standard InChI is InChI=1S/C21H23N3O4S2/c1-3-4-5-19-20(25)23-21(29-19)24-22-14-16-8-10-17(11-9-16)28-30(26,27)18-12-6-15(2)7-13-18/h6-14,19H,3-5H2,1-2H3,(H,23,24,25)/b22-14+. The number of nitrogens with one attached hydrogen (secondary N) is 1. The molecular formula is C21H23N3O4S2. The number of amidine groups is 1. The van der Waals surface area contributed by atoms with Gasteiger partial charge in [0.2, 0.25) is 5.91 Å². The lowest BCUT2D eigenvalue weighted by Gasteiger charge is -2.07. The molecule has 0 saturated carbocycles. The van der Waals surface area contributed by atoms with Gasteiger partial charge in [-0.2, -0.15) is 13.5 Å². The van der Waals surface area contributed by atoms with Crippen molar-refractivity contribution < 1.29 is 17.4 Å². The largest absolute Gasteiger partial charge is 0.379 e. The molecule has 0 aromatic heterocycles. The zero-order valence-electron chi connectivity index (χ0n) is 16.7. The Labute approximate surface area is 180 Å². The van der Waals surface area contributed by atoms with E-state index >= 15 is 0 Å². The highest BCUT2D eigenvalue weighted by Crippen LogP contribution is 2.24. The maximum Gasteiger partial charge on any atom is 0.339 e. The number of thioether (sulfide) groups is 1. The number of amides is 1. The normalized spacial score (nSPS) is 18.1. The van der Waals surface area contributed by atoms with E-state index in [2.05, 4.69) is 22.4 Å². The third kappa shape index (κ3) is 5.93. The summed E-state index contributed by atoms with van der Waals surface area (Å²) in [6.07, 6.45) is 4.39. The summed E-state index contributed by atoms with van der Waals surface area (Å²) in [7, 11) is -3.89. The van der Waals surface area contributed by atoms with E-state index in [-0.39, 0.29) is 21.8 Å². The monoisotopic (exact) mass is 445 g/mol. The second-order valence-electron chi connectivity index (χ2n) is 6.81. The van der Waals surface area contributed by atoms with Crippen LogP contribution in [0.3, 0.4) is 0 Å². The molecule has 3 rings (SSSR count). The van der Waals surface area contributed by atoms with Gasteiger partial charge in [-0.1, -0.05) is 49.2 Å². The minimum absolute atomic E-state index is 0.0290. The fourth-order valence-corrected chi connectivity index (χ4v) is 4.57. The highest BCUT2D eigenvalue weighted by atomic mass is 32.2. The first-order chi connectivity index (χ1) is 14.4. The van der Waals surface area contributed by atoms with Gasteiger partial charge in [0.05, 0.1) is 11.5 Å². The van der Waals surface area contributed by atoms with E-state index in [9.17, 15) is 13.2 Å². The average Bonchev–Trinajstić information content (AvgIpc) is 3.07. The molecule has 1 N–H and O–H groups in total. The zero-order chi connectivity index (χ0) is 21.6. The summed E-state index contributed by atoms with van der Waals surface area (Å²) in [4.78, 5) is 12.0. The van der Waals surface area contributed by atoms with Crippen molar-refractivity contribution in [2.24, 2.45) is 10.2 Å². The summed E-state index contributed by atoms with van der Waals surface area (Å²) < 4.78 is 29.8. The van der Waals surface area contributed by atoms with Crippen molar-refractivity contribution in [1.29, 1.82) is 0 Å². The molecule has 0 spiro atoms. The molecule has 1 atom stereocenters. The highest BCUT2D eigenvalue weighted by Gasteiger charge is 2.29. The Morgan fingerprint density at radius 1 is 1.13 bits per heavy atom. The molecule has 1 fully saturated rings. The van der Waals surface area contributed by atoms with Crippen LogP contribution >= 0.6 is 11.8 Å². The van der Waals surface area contributed by atoms with Gasteiger partial charge in [0, 0.05) is 0 Å². The Bertz CT molecular complexity index is 1050. The second-order valence-corrected chi connectivity index (χ2v) is 9.54. The van der Waals surface area contributed by atoms with Crippen molar-refractivity contribution in [2.45, 2.75) is 43.3 Å². The summed E-state index contributed by atoms with van der Waals surface area (Å²) in [5.41, 5.74) is 1.68. The number of benzene rings is 2. The molecule has 1 aliphatic heterocycles. The number of aryl methyl sites for hydroxylation is 1. The predicted octanol–water partition coefficient (Wildman–Crippen LogP) is 3.87. The van der Waals surface area contributed by atoms with Crippen LogP contribution in [0.2, 0.25) is 0 Å². The summed E-state index contributed by atoms with van der Waals surface area (Å²) >= 11 is 1.39. The number of rotatable bonds is 8. The topological polar surface area (TPSA) is 97.2 Å². The van der Waals surface area contributed by atoms with Crippen LogP contribution in [0, 0.1) is 6.92 Å². The van der Waals surface area contributed by atoms with Crippen molar-refractivity contribution in [3.63, 3.8) is 0 Å². The Morgan fingerprint density at radius 2 is 1.83 bits per heavy atom. The van der Waals surface area contributed by atoms with Gasteiger partial charge in [0.25, 0.3) is 0 Å². The van der Waals surface area contributed by atoms with Crippen LogP contribution in [0.25, 0.3) is 0 Å². The van der Waals surface area contributed by atoms with Crippen molar-refractivity contribution in [3.05, 3.63) is 59.7 Å². The molecule has 2 aromatic rings. The summed E-state index contributed by atoms with van der Waals surface area (Å²) in [5, 5.41) is 11.2. The van der Waals surface area contributed by atoms with E-state index in [1.54, 1.807) is 36.4 Å². The van der Waals surface area contributed by atoms with E-state index in [1.165, 1.54) is 30.1 Å². The molecule has 9 heteroatoms. The van der Waals surface area contributed by atoms with Crippen molar-refractivity contribution in [3.8, 4) is 5.75 Å². The average molecular weight is 446 g/mol. The quantitative estimate of drug-likeness (QED) is 0.378. The van der Waals surface area contributed by atoms with Crippen molar-refractivity contribution in [2.75, 3.05) is 0 Å². The minimum Gasteiger partial charge on any atom is -0.379 e. The summed E-state index contributed by atoms with van der Waals surface area (Å²) in [6, 6.07) is 12.9. The summed E-state index contributed by atoms with van der Waals surface area (Å²) in [6.45, 7) is 3.97. The molecule has 2 aromatic carbocycles. The molecule has 1 heterocycles. The van der Waals surface area contributed by atoms with Gasteiger partial charge < -0.3 is 9.50 Å². The van der Waals surface area contributed by atoms with Crippen LogP contribution in [0.4, 0.5) is 0 Å². The zero-order valence-corrected chi connectivity index (χ0v) is 18.4. The van der Waals surface area contributed by atoms with Crippen LogP contribution < -0.4 is 9.50 Å². The Hall–Kier alpha value is -2.65. The molecule has 0 aliphatic carbocycles. The van der Waals surface area contributed by atoms with Crippen molar-refractivity contribution in [1.82, 2.24) is 5.32 Å². The second kappa shape index (κ2) is 9.90. The molecule has 158 valence electrons. The molecule has 0 radical (unpaired) electrons. The maximum atomic E-state index is 12.3. The van der Waals surface area contributed by atoms with Gasteiger partial charge in [0.1, 0.15) is 10.6 Å². The first kappa shape index (κ1) is 22.0. The van der Waals surface area contributed by atoms with E-state index in [1.807, 2.05) is 6.92 Å². The van der Waals surface area contributed by atoms with E-state index in [0.717, 1.165) is 30.4 Å². The number of hydrogen-bond acceptors (Lipinski definition) is 7. The molecule has 0 bridgehead atoms. The molecule has 1 unspecified atom stereocenters. The molecule has 1 aliphatic rings. The van der Waals surface area contributed by atoms with Gasteiger partial charge in [-0.15, -0.1) is 5.10 Å². The van der Waals surface area contributed by atoms with Crippen LogP contribution in [-0.2, 0) is 14.9 Å². The number of hydrogen-bond donors (Lipinski definition) is 1. The summed E-state index contributed by atoms with van der Waals surface area (Å²) in [5.74, 6) is 0.176.